The zero-order chi connectivity index (χ0) is 33.7. The van der Waals surface area contributed by atoms with Gasteiger partial charge >= 0.3 is 0 Å². The minimum Gasteiger partial charge on any atom is -0.366 e. The molecule has 242 valence electrons. The summed E-state index contributed by atoms with van der Waals surface area (Å²) >= 11 is 0. The smallest absolute Gasteiger partial charge is 0.104 e. The van der Waals surface area contributed by atoms with Crippen molar-refractivity contribution in [1.82, 2.24) is 20.2 Å². The minimum atomic E-state index is -0.0920. The van der Waals surface area contributed by atoms with Crippen molar-refractivity contribution in [3.63, 3.8) is 0 Å². The van der Waals surface area contributed by atoms with E-state index >= 15 is 0 Å². The number of nitrogens with one attached hydrogen (secondary N) is 2. The molecule has 0 saturated heterocycles. The summed E-state index contributed by atoms with van der Waals surface area (Å²) in [5.74, 6) is 0. The highest BCUT2D eigenvalue weighted by atomic mass is 15.2. The van der Waals surface area contributed by atoms with Crippen LogP contribution in [-0.4, -0.2) is 9.55 Å². The van der Waals surface area contributed by atoms with Gasteiger partial charge in [-0.2, -0.15) is 0 Å². The maximum absolute atomic E-state index is 4.32. The Morgan fingerprint density at radius 2 is 0.961 bits per heavy atom. The topological polar surface area (TPSA) is 41.9 Å². The first-order chi connectivity index (χ1) is 25.3. The molecule has 0 aliphatic carbocycles. The molecule has 4 nitrogen and oxygen atoms in total. The predicted octanol–water partition coefficient (Wildman–Crippen LogP) is 11.1. The quantitative estimate of drug-likeness (QED) is 0.182. The molecule has 0 saturated carbocycles. The van der Waals surface area contributed by atoms with Gasteiger partial charge in [-0.3, -0.25) is 10.3 Å². The van der Waals surface area contributed by atoms with E-state index in [-0.39, 0.29) is 12.2 Å². The van der Waals surface area contributed by atoms with E-state index in [1.165, 1.54) is 71.2 Å². The average Bonchev–Trinajstić information content (AvgIpc) is 3.55. The van der Waals surface area contributed by atoms with Crippen molar-refractivity contribution in [2.45, 2.75) is 12.2 Å². The van der Waals surface area contributed by atoms with Gasteiger partial charge in [-0.05, 0) is 86.3 Å². The van der Waals surface area contributed by atoms with E-state index in [4.69, 9.17) is 0 Å². The lowest BCUT2D eigenvalue weighted by atomic mass is 9.86. The molecule has 1 aliphatic rings. The number of pyridine rings is 1. The molecule has 3 heterocycles. The third-order valence-electron chi connectivity index (χ3n) is 10.4. The lowest BCUT2D eigenvalue weighted by Gasteiger charge is -2.34. The number of para-hydroxylation sites is 2. The highest BCUT2D eigenvalue weighted by Crippen LogP contribution is 2.43. The Labute approximate surface area is 296 Å². The molecule has 2 aromatic heterocycles. The van der Waals surface area contributed by atoms with E-state index in [0.717, 1.165) is 11.4 Å². The molecular weight excluding hydrogens is 621 g/mol. The van der Waals surface area contributed by atoms with Gasteiger partial charge in [0.05, 0.1) is 17.1 Å². The van der Waals surface area contributed by atoms with Gasteiger partial charge in [0, 0.05) is 40.1 Å². The fourth-order valence-electron chi connectivity index (χ4n) is 8.09. The van der Waals surface area contributed by atoms with Crippen LogP contribution in [0.15, 0.2) is 182 Å². The van der Waals surface area contributed by atoms with Crippen LogP contribution in [0, 0.1) is 0 Å². The Morgan fingerprint density at radius 3 is 1.55 bits per heavy atom. The summed E-state index contributed by atoms with van der Waals surface area (Å²) in [5.41, 5.74) is 10.7. The standard InChI is InChI=1S/C47H34N4/c1-2-12-33(13-3-1)47-49-41(31-22-24-34(25-23-31)51-43-20-10-8-14-35(43)36-15-9-11-21-44(36)51)30-42(50-47)46-39-18-6-4-16-37(39)45(32-26-28-48-29-27-32)38-17-5-7-19-40(38)46/h1-30,41,47,49-50H. The summed E-state index contributed by atoms with van der Waals surface area (Å²) in [6.07, 6.45) is 6.04. The van der Waals surface area contributed by atoms with Gasteiger partial charge in [-0.15, -0.1) is 0 Å². The van der Waals surface area contributed by atoms with Gasteiger partial charge in [0.2, 0.25) is 0 Å². The first-order valence-corrected chi connectivity index (χ1v) is 17.5. The maximum Gasteiger partial charge on any atom is 0.104 e. The summed E-state index contributed by atoms with van der Waals surface area (Å²) in [4.78, 5) is 4.32. The fourth-order valence-corrected chi connectivity index (χ4v) is 8.09. The summed E-state index contributed by atoms with van der Waals surface area (Å²) < 4.78 is 2.38. The van der Waals surface area contributed by atoms with Crippen molar-refractivity contribution in [3.8, 4) is 16.8 Å². The molecule has 0 bridgehead atoms. The van der Waals surface area contributed by atoms with Crippen molar-refractivity contribution in [2.24, 2.45) is 0 Å². The minimum absolute atomic E-state index is 0.0314. The van der Waals surface area contributed by atoms with Crippen LogP contribution >= 0.6 is 0 Å². The van der Waals surface area contributed by atoms with Crippen LogP contribution in [0.4, 0.5) is 0 Å². The van der Waals surface area contributed by atoms with Gasteiger partial charge in [0.25, 0.3) is 0 Å². The second kappa shape index (κ2) is 12.1. The summed E-state index contributed by atoms with van der Waals surface area (Å²) in [5, 5.41) is 15.3. The van der Waals surface area contributed by atoms with Crippen molar-refractivity contribution < 1.29 is 0 Å². The van der Waals surface area contributed by atoms with Crippen LogP contribution in [0.3, 0.4) is 0 Å². The number of fused-ring (bicyclic) bond motifs is 5. The molecule has 1 aliphatic heterocycles. The molecule has 51 heavy (non-hydrogen) atoms. The first-order valence-electron chi connectivity index (χ1n) is 17.5. The van der Waals surface area contributed by atoms with Crippen LogP contribution in [-0.2, 0) is 0 Å². The van der Waals surface area contributed by atoms with Gasteiger partial charge in [0.15, 0.2) is 0 Å². The number of aromatic nitrogens is 2. The van der Waals surface area contributed by atoms with Crippen LogP contribution in [0.5, 0.6) is 0 Å². The zero-order valence-corrected chi connectivity index (χ0v) is 27.9. The Balaban J connectivity index is 1.15. The zero-order valence-electron chi connectivity index (χ0n) is 27.9. The fraction of sp³-hybridized carbons (Fsp3) is 0.0426. The van der Waals surface area contributed by atoms with Crippen molar-refractivity contribution >= 4 is 49.0 Å². The summed E-state index contributed by atoms with van der Waals surface area (Å²) in [6.45, 7) is 0. The van der Waals surface area contributed by atoms with Crippen LogP contribution in [0.2, 0.25) is 0 Å². The predicted molar refractivity (Wildman–Crippen MR) is 212 cm³/mol. The molecule has 2 atom stereocenters. The van der Waals surface area contributed by atoms with Crippen LogP contribution < -0.4 is 10.6 Å². The first kappa shape index (κ1) is 29.4. The Morgan fingerprint density at radius 1 is 0.451 bits per heavy atom. The number of hydrogen-bond acceptors (Lipinski definition) is 3. The third kappa shape index (κ3) is 4.91. The Kier molecular flexibility index (Phi) is 7.00. The number of hydrogen-bond donors (Lipinski definition) is 2. The SMILES string of the molecule is C1=C(c2c3ccccc3c(-c3ccncc3)c3ccccc23)NC(c2ccccc2)NC1c1ccc(-n2c3ccccc3c3ccccc32)cc1. The lowest BCUT2D eigenvalue weighted by molar-refractivity contribution is 0.443. The molecule has 7 aromatic carbocycles. The van der Waals surface area contributed by atoms with E-state index in [1.54, 1.807) is 0 Å². The van der Waals surface area contributed by atoms with E-state index < -0.39 is 0 Å². The largest absolute Gasteiger partial charge is 0.366 e. The van der Waals surface area contributed by atoms with Crippen molar-refractivity contribution in [2.75, 3.05) is 0 Å². The van der Waals surface area contributed by atoms with Crippen LogP contribution in [0.1, 0.15) is 28.9 Å². The molecule has 2 unspecified atom stereocenters. The molecule has 2 N–H and O–H groups in total. The highest BCUT2D eigenvalue weighted by molar-refractivity contribution is 6.18. The molecule has 0 radical (unpaired) electrons. The van der Waals surface area contributed by atoms with E-state index in [2.05, 4.69) is 190 Å². The third-order valence-corrected chi connectivity index (χ3v) is 10.4. The second-order valence-electron chi connectivity index (χ2n) is 13.3. The summed E-state index contributed by atoms with van der Waals surface area (Å²) in [6, 6.07) is 58.9. The van der Waals surface area contributed by atoms with E-state index in [1.807, 2.05) is 12.4 Å². The summed E-state index contributed by atoms with van der Waals surface area (Å²) in [7, 11) is 0. The monoisotopic (exact) mass is 654 g/mol. The molecule has 0 amide bonds. The van der Waals surface area contributed by atoms with Gasteiger partial charge in [-0.1, -0.05) is 127 Å². The highest BCUT2D eigenvalue weighted by Gasteiger charge is 2.27. The number of nitrogens with zero attached hydrogens (tertiary/aromatic N) is 2. The normalized spacial score (nSPS) is 16.0. The maximum atomic E-state index is 4.32. The lowest BCUT2D eigenvalue weighted by Crippen LogP contribution is -2.39. The molecule has 9 aromatic rings. The van der Waals surface area contributed by atoms with Crippen molar-refractivity contribution in [3.05, 3.63) is 199 Å². The second-order valence-corrected chi connectivity index (χ2v) is 13.3. The van der Waals surface area contributed by atoms with Crippen molar-refractivity contribution in [1.29, 1.82) is 0 Å². The molecule has 0 fully saturated rings. The average molecular weight is 655 g/mol. The molecular formula is C47H34N4. The number of benzene rings is 7. The Bertz CT molecular complexity index is 2640. The van der Waals surface area contributed by atoms with E-state index in [9.17, 15) is 0 Å². The van der Waals surface area contributed by atoms with E-state index in [0.29, 0.717) is 0 Å². The molecule has 4 heteroatoms. The van der Waals surface area contributed by atoms with Gasteiger partial charge < -0.3 is 9.88 Å². The molecule has 0 spiro atoms. The molecule has 10 rings (SSSR count). The Hall–Kier alpha value is -6.49. The van der Waals surface area contributed by atoms with Crippen LogP contribution in [0.25, 0.3) is 65.9 Å². The number of rotatable bonds is 5. The van der Waals surface area contributed by atoms with Gasteiger partial charge in [-0.25, -0.2) is 0 Å². The van der Waals surface area contributed by atoms with Gasteiger partial charge in [0.1, 0.15) is 6.17 Å².